The van der Waals surface area contributed by atoms with Crippen molar-refractivity contribution in [2.24, 2.45) is 0 Å². The Morgan fingerprint density at radius 2 is 1.85 bits per heavy atom. The highest BCUT2D eigenvalue weighted by molar-refractivity contribution is 7.99. The van der Waals surface area contributed by atoms with E-state index in [1.807, 2.05) is 73.1 Å². The topological polar surface area (TPSA) is 81.1 Å². The van der Waals surface area contributed by atoms with Gasteiger partial charge >= 0.3 is 0 Å². The molecule has 2 N–H and O–H groups in total. The highest BCUT2D eigenvalue weighted by Crippen LogP contribution is 2.37. The molecule has 8 heteroatoms. The average molecular weight is 540 g/mol. The van der Waals surface area contributed by atoms with Crippen molar-refractivity contribution in [2.75, 3.05) is 16.4 Å². The molecule has 1 unspecified atom stereocenters. The molecule has 0 saturated heterocycles. The number of hydrogen-bond acceptors (Lipinski definition) is 6. The first kappa shape index (κ1) is 26.6. The standard InChI is InChI=1S/C31H33N5O2S/c1-5-17-39-31-34-30-32-22(4)27(29(37)33-26-12-7-6-10-21(26)3)28(36(30)35-31)24-13-15-25(16-14-24)38-19-23-11-8-9-20(2)18-23/h6-16,18,28H,5,17,19H2,1-4H3,(H,33,37)(H,32,34,35). The first-order valence-corrected chi connectivity index (χ1v) is 14.1. The zero-order valence-electron chi connectivity index (χ0n) is 22.7. The van der Waals surface area contributed by atoms with Crippen LogP contribution in [0.4, 0.5) is 11.6 Å². The minimum absolute atomic E-state index is 0.178. The minimum Gasteiger partial charge on any atom is -0.489 e. The summed E-state index contributed by atoms with van der Waals surface area (Å²) in [5.41, 5.74) is 6.37. The van der Waals surface area contributed by atoms with Crippen molar-refractivity contribution in [1.82, 2.24) is 14.8 Å². The Bertz CT molecular complexity index is 1510. The van der Waals surface area contributed by atoms with Gasteiger partial charge in [0.15, 0.2) is 0 Å². The van der Waals surface area contributed by atoms with E-state index in [0.29, 0.717) is 23.3 Å². The monoisotopic (exact) mass is 539 g/mol. The maximum atomic E-state index is 13.8. The Balaban J connectivity index is 1.46. The Labute approximate surface area is 233 Å². The van der Waals surface area contributed by atoms with Gasteiger partial charge in [-0.05, 0) is 62.1 Å². The maximum Gasteiger partial charge on any atom is 0.255 e. The lowest BCUT2D eigenvalue weighted by molar-refractivity contribution is -0.113. The number of aromatic nitrogens is 3. The number of nitrogens with zero attached hydrogens (tertiary/aromatic N) is 3. The molecule has 1 aromatic heterocycles. The lowest BCUT2D eigenvalue weighted by Gasteiger charge is -2.29. The quantitative estimate of drug-likeness (QED) is 0.225. The van der Waals surface area contributed by atoms with Gasteiger partial charge in [0, 0.05) is 17.1 Å². The van der Waals surface area contributed by atoms with Gasteiger partial charge in [-0.2, -0.15) is 4.98 Å². The number of allylic oxidation sites excluding steroid dienone is 1. The molecule has 1 atom stereocenters. The number of benzene rings is 3. The number of hydrogen-bond donors (Lipinski definition) is 2. The number of thioether (sulfide) groups is 1. The highest BCUT2D eigenvalue weighted by Gasteiger charge is 2.34. The number of ether oxygens (including phenoxy) is 1. The van der Waals surface area contributed by atoms with E-state index in [0.717, 1.165) is 46.0 Å². The molecular formula is C31H33N5O2S. The van der Waals surface area contributed by atoms with E-state index in [-0.39, 0.29) is 5.91 Å². The minimum atomic E-state index is -0.445. The zero-order chi connectivity index (χ0) is 27.4. The summed E-state index contributed by atoms with van der Waals surface area (Å²) in [7, 11) is 0. The van der Waals surface area contributed by atoms with Crippen molar-refractivity contribution < 1.29 is 9.53 Å². The van der Waals surface area contributed by atoms with Gasteiger partial charge in [-0.1, -0.05) is 78.8 Å². The number of rotatable bonds is 9. The number of nitrogens with one attached hydrogen (secondary N) is 2. The van der Waals surface area contributed by atoms with E-state index in [1.54, 1.807) is 11.8 Å². The van der Waals surface area contributed by atoms with Crippen molar-refractivity contribution in [3.63, 3.8) is 0 Å². The van der Waals surface area contributed by atoms with Crippen LogP contribution in [0.2, 0.25) is 0 Å². The van der Waals surface area contributed by atoms with Gasteiger partial charge in [0.05, 0.1) is 5.57 Å². The van der Waals surface area contributed by atoms with E-state index in [2.05, 4.69) is 42.7 Å². The summed E-state index contributed by atoms with van der Waals surface area (Å²) >= 11 is 1.61. The second-order valence-electron chi connectivity index (χ2n) is 9.69. The van der Waals surface area contributed by atoms with E-state index >= 15 is 0 Å². The fourth-order valence-corrected chi connectivity index (χ4v) is 5.29. The van der Waals surface area contributed by atoms with Crippen LogP contribution >= 0.6 is 11.8 Å². The van der Waals surface area contributed by atoms with Crippen molar-refractivity contribution in [2.45, 2.75) is 51.9 Å². The van der Waals surface area contributed by atoms with Crippen molar-refractivity contribution in [3.8, 4) is 5.75 Å². The van der Waals surface area contributed by atoms with Crippen LogP contribution in [-0.2, 0) is 11.4 Å². The number of anilines is 2. The summed E-state index contributed by atoms with van der Waals surface area (Å²) in [4.78, 5) is 18.5. The largest absolute Gasteiger partial charge is 0.489 e. The molecule has 3 aromatic carbocycles. The molecule has 200 valence electrons. The first-order chi connectivity index (χ1) is 18.9. The fourth-order valence-electron chi connectivity index (χ4n) is 4.61. The van der Waals surface area contributed by atoms with Crippen LogP contribution in [0.5, 0.6) is 5.75 Å². The molecule has 1 amide bonds. The fraction of sp³-hybridized carbons (Fsp3) is 0.258. The lowest BCUT2D eigenvalue weighted by Crippen LogP contribution is -2.31. The van der Waals surface area contributed by atoms with E-state index in [4.69, 9.17) is 14.8 Å². The van der Waals surface area contributed by atoms with Crippen LogP contribution in [-0.4, -0.2) is 26.4 Å². The molecule has 0 radical (unpaired) electrons. The van der Waals surface area contributed by atoms with E-state index in [9.17, 15) is 4.79 Å². The number of para-hydroxylation sites is 1. The molecule has 2 heterocycles. The van der Waals surface area contributed by atoms with E-state index < -0.39 is 6.04 Å². The molecule has 0 aliphatic carbocycles. The summed E-state index contributed by atoms with van der Waals surface area (Å²) in [5, 5.41) is 11.9. The summed E-state index contributed by atoms with van der Waals surface area (Å²) in [6.07, 6.45) is 1.02. The molecule has 1 aliphatic rings. The molecular weight excluding hydrogens is 506 g/mol. The van der Waals surface area contributed by atoms with Gasteiger partial charge in [-0.15, -0.1) is 5.10 Å². The molecule has 5 rings (SSSR count). The maximum absolute atomic E-state index is 13.8. The smallest absolute Gasteiger partial charge is 0.255 e. The zero-order valence-corrected chi connectivity index (χ0v) is 23.5. The molecule has 0 spiro atoms. The number of carbonyl (C=O) groups excluding carboxylic acids is 1. The van der Waals surface area contributed by atoms with Crippen molar-refractivity contribution in [1.29, 1.82) is 0 Å². The van der Waals surface area contributed by atoms with Gasteiger partial charge in [0.25, 0.3) is 5.91 Å². The Morgan fingerprint density at radius 3 is 2.59 bits per heavy atom. The molecule has 4 aromatic rings. The average Bonchev–Trinajstić information content (AvgIpc) is 3.34. The normalized spacial score (nSPS) is 14.5. The lowest BCUT2D eigenvalue weighted by atomic mass is 9.95. The van der Waals surface area contributed by atoms with Crippen LogP contribution in [0.1, 0.15) is 48.6 Å². The van der Waals surface area contributed by atoms with Gasteiger partial charge in [0.1, 0.15) is 18.4 Å². The number of carbonyl (C=O) groups is 1. The molecule has 7 nitrogen and oxygen atoms in total. The van der Waals surface area contributed by atoms with Crippen LogP contribution in [0, 0.1) is 13.8 Å². The van der Waals surface area contributed by atoms with E-state index in [1.165, 1.54) is 5.56 Å². The van der Waals surface area contributed by atoms with Crippen LogP contribution < -0.4 is 15.4 Å². The molecule has 0 bridgehead atoms. The van der Waals surface area contributed by atoms with Crippen LogP contribution in [0.25, 0.3) is 0 Å². The van der Waals surface area contributed by atoms with Gasteiger partial charge in [-0.3, -0.25) is 4.79 Å². The third-order valence-electron chi connectivity index (χ3n) is 6.59. The van der Waals surface area contributed by atoms with Crippen molar-refractivity contribution in [3.05, 3.63) is 106 Å². The Morgan fingerprint density at radius 1 is 1.05 bits per heavy atom. The molecule has 1 aliphatic heterocycles. The first-order valence-electron chi connectivity index (χ1n) is 13.2. The predicted molar refractivity (Wildman–Crippen MR) is 157 cm³/mol. The van der Waals surface area contributed by atoms with Gasteiger partial charge in [-0.25, -0.2) is 4.68 Å². The summed E-state index contributed by atoms with van der Waals surface area (Å²) in [6, 6.07) is 23.5. The molecule has 0 fully saturated rings. The number of aryl methyl sites for hydroxylation is 2. The predicted octanol–water partition coefficient (Wildman–Crippen LogP) is 6.90. The second-order valence-corrected chi connectivity index (χ2v) is 10.8. The summed E-state index contributed by atoms with van der Waals surface area (Å²) in [6.45, 7) is 8.59. The van der Waals surface area contributed by atoms with Gasteiger partial charge < -0.3 is 15.4 Å². The SMILES string of the molecule is CCCSc1nc2n(n1)C(c1ccc(OCc3cccc(C)c3)cc1)C(C(=O)Nc1ccccc1C)=C(C)N2. The highest BCUT2D eigenvalue weighted by atomic mass is 32.2. The second kappa shape index (κ2) is 11.8. The van der Waals surface area contributed by atoms with Crippen LogP contribution in [0.3, 0.4) is 0 Å². The van der Waals surface area contributed by atoms with Gasteiger partial charge in [0.2, 0.25) is 11.1 Å². The summed E-state index contributed by atoms with van der Waals surface area (Å²) in [5.74, 6) is 2.14. The van der Waals surface area contributed by atoms with Crippen LogP contribution in [0.15, 0.2) is 89.2 Å². The Hall–Kier alpha value is -4.04. The van der Waals surface area contributed by atoms with Crippen molar-refractivity contribution >= 4 is 29.3 Å². The molecule has 39 heavy (non-hydrogen) atoms. The number of fused-ring (bicyclic) bond motifs is 1. The third-order valence-corrected chi connectivity index (χ3v) is 7.63. The molecule has 0 saturated carbocycles. The number of amides is 1. The Kier molecular flexibility index (Phi) is 8.02. The summed E-state index contributed by atoms with van der Waals surface area (Å²) < 4.78 is 7.87. The third kappa shape index (κ3) is 6.01.